The van der Waals surface area contributed by atoms with Gasteiger partial charge < -0.3 is 0 Å². The summed E-state index contributed by atoms with van der Waals surface area (Å²) in [5.74, 6) is -0.253. The molecule has 0 unspecified atom stereocenters. The summed E-state index contributed by atoms with van der Waals surface area (Å²) in [6.45, 7) is 0. The summed E-state index contributed by atoms with van der Waals surface area (Å²) < 4.78 is 12.9. The highest BCUT2D eigenvalue weighted by Gasteiger charge is 2.03. The van der Waals surface area contributed by atoms with Gasteiger partial charge in [-0.25, -0.2) is 9.37 Å². The van der Waals surface area contributed by atoms with E-state index in [0.717, 1.165) is 21.8 Å². The van der Waals surface area contributed by atoms with Gasteiger partial charge in [0.1, 0.15) is 10.8 Å². The normalized spacial score (nSPS) is 11.2. The Morgan fingerprint density at radius 3 is 2.50 bits per heavy atom. The lowest BCUT2D eigenvalue weighted by Crippen LogP contribution is -1.79. The first-order chi connectivity index (χ1) is 10.6. The van der Waals surface area contributed by atoms with Gasteiger partial charge in [0.25, 0.3) is 0 Å². The fourth-order valence-electron chi connectivity index (χ4n) is 1.92. The molecule has 3 rings (SSSR count). The quantitative estimate of drug-likeness (QED) is 0.531. The Bertz CT molecular complexity index is 825. The van der Waals surface area contributed by atoms with Crippen LogP contribution in [0, 0.1) is 5.82 Å². The Labute approximate surface area is 141 Å². The molecule has 0 spiro atoms. The molecular formula is C17H10Cl2FNS. The van der Waals surface area contributed by atoms with Crippen LogP contribution in [0.4, 0.5) is 4.39 Å². The number of benzene rings is 2. The summed E-state index contributed by atoms with van der Waals surface area (Å²) in [5.41, 5.74) is 2.60. The van der Waals surface area contributed by atoms with E-state index in [4.69, 9.17) is 23.2 Å². The van der Waals surface area contributed by atoms with Crippen LogP contribution >= 0.6 is 34.5 Å². The van der Waals surface area contributed by atoms with E-state index in [1.807, 2.05) is 23.6 Å². The highest BCUT2D eigenvalue weighted by molar-refractivity contribution is 7.10. The van der Waals surface area contributed by atoms with E-state index in [1.54, 1.807) is 24.3 Å². The Morgan fingerprint density at radius 1 is 1.00 bits per heavy atom. The Morgan fingerprint density at radius 2 is 1.77 bits per heavy atom. The molecule has 0 aliphatic rings. The molecule has 2 aromatic carbocycles. The number of thiazole rings is 1. The number of halogens is 3. The Kier molecular flexibility index (Phi) is 4.57. The van der Waals surface area contributed by atoms with E-state index in [1.165, 1.54) is 23.5 Å². The lowest BCUT2D eigenvalue weighted by atomic mass is 10.2. The van der Waals surface area contributed by atoms with Gasteiger partial charge in [0.15, 0.2) is 0 Å². The van der Waals surface area contributed by atoms with Gasteiger partial charge in [-0.1, -0.05) is 35.3 Å². The third-order valence-corrected chi connectivity index (χ3v) is 4.40. The molecule has 0 atom stereocenters. The van der Waals surface area contributed by atoms with E-state index in [2.05, 4.69) is 4.98 Å². The van der Waals surface area contributed by atoms with Crippen molar-refractivity contribution in [2.24, 2.45) is 0 Å². The van der Waals surface area contributed by atoms with Crippen LogP contribution in [-0.2, 0) is 0 Å². The van der Waals surface area contributed by atoms with E-state index in [9.17, 15) is 4.39 Å². The van der Waals surface area contributed by atoms with Crippen molar-refractivity contribution in [2.75, 3.05) is 0 Å². The topological polar surface area (TPSA) is 12.9 Å². The molecule has 110 valence electrons. The molecule has 22 heavy (non-hydrogen) atoms. The SMILES string of the molecule is Fc1ccc(-c2csc(/C=C/c3ccc(Cl)cc3Cl)n2)cc1. The molecule has 0 amide bonds. The maximum Gasteiger partial charge on any atom is 0.123 e. The van der Waals surface area contributed by atoms with Crippen molar-refractivity contribution in [2.45, 2.75) is 0 Å². The predicted octanol–water partition coefficient (Wildman–Crippen LogP) is 6.43. The molecule has 1 heterocycles. The van der Waals surface area contributed by atoms with Crippen molar-refractivity contribution >= 4 is 46.7 Å². The summed E-state index contributed by atoms with van der Waals surface area (Å²) in [4.78, 5) is 4.51. The van der Waals surface area contributed by atoms with E-state index in [-0.39, 0.29) is 5.82 Å². The number of rotatable bonds is 3. The summed E-state index contributed by atoms with van der Waals surface area (Å²) >= 11 is 13.5. The monoisotopic (exact) mass is 349 g/mol. The van der Waals surface area contributed by atoms with E-state index in [0.29, 0.717) is 10.0 Å². The van der Waals surface area contributed by atoms with Crippen molar-refractivity contribution < 1.29 is 4.39 Å². The first-order valence-corrected chi connectivity index (χ1v) is 8.10. The molecule has 0 bridgehead atoms. The highest BCUT2D eigenvalue weighted by atomic mass is 35.5. The molecule has 0 N–H and O–H groups in total. The summed E-state index contributed by atoms with van der Waals surface area (Å²) in [6, 6.07) is 11.6. The van der Waals surface area contributed by atoms with Gasteiger partial charge >= 0.3 is 0 Å². The lowest BCUT2D eigenvalue weighted by molar-refractivity contribution is 0.628. The zero-order valence-corrected chi connectivity index (χ0v) is 13.6. The van der Waals surface area contributed by atoms with Crippen LogP contribution in [0.5, 0.6) is 0 Å². The molecular weight excluding hydrogens is 340 g/mol. The van der Waals surface area contributed by atoms with Gasteiger partial charge in [-0.05, 0) is 48.0 Å². The molecule has 5 heteroatoms. The van der Waals surface area contributed by atoms with E-state index < -0.39 is 0 Å². The van der Waals surface area contributed by atoms with Crippen molar-refractivity contribution in [3.05, 3.63) is 74.3 Å². The zero-order valence-electron chi connectivity index (χ0n) is 11.3. The van der Waals surface area contributed by atoms with Crippen LogP contribution in [0.1, 0.15) is 10.6 Å². The first-order valence-electron chi connectivity index (χ1n) is 6.46. The molecule has 0 radical (unpaired) electrons. The van der Waals surface area contributed by atoms with Gasteiger partial charge in [0.2, 0.25) is 0 Å². The second-order valence-electron chi connectivity index (χ2n) is 4.58. The summed E-state index contributed by atoms with van der Waals surface area (Å²) in [6.07, 6.45) is 3.79. The fraction of sp³-hybridized carbons (Fsp3) is 0. The maximum absolute atomic E-state index is 12.9. The van der Waals surface area contributed by atoms with Crippen LogP contribution in [0.2, 0.25) is 10.0 Å². The van der Waals surface area contributed by atoms with Gasteiger partial charge in [0.05, 0.1) is 5.69 Å². The molecule has 1 aromatic heterocycles. The van der Waals surface area contributed by atoms with Crippen LogP contribution in [0.25, 0.3) is 23.4 Å². The van der Waals surface area contributed by atoms with Gasteiger partial charge in [0, 0.05) is 21.0 Å². The molecule has 0 aliphatic heterocycles. The Balaban J connectivity index is 1.82. The van der Waals surface area contributed by atoms with Crippen LogP contribution < -0.4 is 0 Å². The smallest absolute Gasteiger partial charge is 0.123 e. The minimum atomic E-state index is -0.253. The molecule has 3 aromatic rings. The minimum absolute atomic E-state index is 0.253. The predicted molar refractivity (Wildman–Crippen MR) is 92.9 cm³/mol. The largest absolute Gasteiger partial charge is 0.237 e. The first kappa shape index (κ1) is 15.2. The number of hydrogen-bond donors (Lipinski definition) is 0. The lowest BCUT2D eigenvalue weighted by Gasteiger charge is -1.98. The van der Waals surface area contributed by atoms with Gasteiger partial charge in [-0.15, -0.1) is 11.3 Å². The number of hydrogen-bond acceptors (Lipinski definition) is 2. The van der Waals surface area contributed by atoms with Gasteiger partial charge in [-0.2, -0.15) is 0 Å². The minimum Gasteiger partial charge on any atom is -0.237 e. The summed E-state index contributed by atoms with van der Waals surface area (Å²) in [7, 11) is 0. The molecule has 0 fully saturated rings. The van der Waals surface area contributed by atoms with Crippen molar-refractivity contribution in [1.29, 1.82) is 0 Å². The van der Waals surface area contributed by atoms with Crippen LogP contribution in [-0.4, -0.2) is 4.98 Å². The molecule has 0 saturated heterocycles. The third-order valence-electron chi connectivity index (χ3n) is 3.03. The number of aromatic nitrogens is 1. The zero-order chi connectivity index (χ0) is 15.5. The average molecular weight is 350 g/mol. The molecule has 0 aliphatic carbocycles. The third kappa shape index (κ3) is 3.55. The second kappa shape index (κ2) is 6.61. The van der Waals surface area contributed by atoms with Gasteiger partial charge in [-0.3, -0.25) is 0 Å². The standard InChI is InChI=1S/C17H10Cl2FNS/c18-13-5-1-11(15(19)9-13)4-8-17-21-16(10-22-17)12-2-6-14(20)7-3-12/h1-10H/b8-4+. The van der Waals surface area contributed by atoms with Crippen LogP contribution in [0.15, 0.2) is 47.8 Å². The Hall–Kier alpha value is -1.68. The fourth-order valence-corrected chi connectivity index (χ4v) is 3.11. The molecule has 1 nitrogen and oxygen atoms in total. The van der Waals surface area contributed by atoms with Crippen LogP contribution in [0.3, 0.4) is 0 Å². The average Bonchev–Trinajstić information content (AvgIpc) is 2.96. The van der Waals surface area contributed by atoms with Crippen molar-refractivity contribution in [1.82, 2.24) is 4.98 Å². The van der Waals surface area contributed by atoms with Crippen molar-refractivity contribution in [3.63, 3.8) is 0 Å². The second-order valence-corrected chi connectivity index (χ2v) is 6.31. The number of nitrogens with zero attached hydrogens (tertiary/aromatic N) is 1. The summed E-state index contributed by atoms with van der Waals surface area (Å²) in [5, 5.41) is 4.00. The highest BCUT2D eigenvalue weighted by Crippen LogP contribution is 2.25. The maximum atomic E-state index is 12.9. The molecule has 0 saturated carbocycles. The van der Waals surface area contributed by atoms with Crippen molar-refractivity contribution in [3.8, 4) is 11.3 Å². The van der Waals surface area contributed by atoms with E-state index >= 15 is 0 Å².